The summed E-state index contributed by atoms with van der Waals surface area (Å²) in [6.45, 7) is 2.14. The van der Waals surface area contributed by atoms with Crippen LogP contribution in [0.3, 0.4) is 0 Å². The number of nitrogens with one attached hydrogen (secondary N) is 1. The summed E-state index contributed by atoms with van der Waals surface area (Å²) < 4.78 is 22.2. The summed E-state index contributed by atoms with van der Waals surface area (Å²) in [6, 6.07) is 10.3. The van der Waals surface area contributed by atoms with Crippen LogP contribution in [-0.4, -0.2) is 42.5 Å². The second kappa shape index (κ2) is 9.33. The van der Waals surface area contributed by atoms with Crippen LogP contribution in [0, 0.1) is 0 Å². The van der Waals surface area contributed by atoms with Crippen molar-refractivity contribution in [3.63, 3.8) is 0 Å². The minimum atomic E-state index is 0.695. The average Bonchev–Trinajstić information content (AvgIpc) is 2.71. The van der Waals surface area contributed by atoms with E-state index in [0.717, 1.165) is 39.5 Å². The lowest BCUT2D eigenvalue weighted by Crippen LogP contribution is -1.96. The van der Waals surface area contributed by atoms with Crippen LogP contribution >= 0.6 is 0 Å². The van der Waals surface area contributed by atoms with Gasteiger partial charge in [-0.15, -0.1) is 0 Å². The van der Waals surface area contributed by atoms with E-state index in [9.17, 15) is 0 Å². The third-order valence-corrected chi connectivity index (χ3v) is 4.43. The summed E-state index contributed by atoms with van der Waals surface area (Å²) in [6.07, 6.45) is 0.912. The molecule has 3 aromatic carbocycles. The molecule has 1 N–H and O–H groups in total. The van der Waals surface area contributed by atoms with Gasteiger partial charge in [0.1, 0.15) is 0 Å². The van der Waals surface area contributed by atoms with Gasteiger partial charge in [0, 0.05) is 5.39 Å². The summed E-state index contributed by atoms with van der Waals surface area (Å²) in [5, 5.41) is 7.06. The number of ether oxygens (including phenoxy) is 4. The van der Waals surface area contributed by atoms with Gasteiger partial charge in [-0.25, -0.2) is 0 Å². The normalized spacial score (nSPS) is 10.3. The van der Waals surface area contributed by atoms with Crippen molar-refractivity contribution >= 4 is 21.5 Å². The highest BCUT2D eigenvalue weighted by Crippen LogP contribution is 2.44. The standard InChI is InChI=1S/C20H22O4.C2H7N/c1-6-12-9-18(23-4)20(24-5)19-14(12)8-7-13-10-16(21-2)17(22-3)11-15(13)19;1-3-2/h7-11H,6H2,1-5H3;3H,1-2H3. The molecule has 146 valence electrons. The van der Waals surface area contributed by atoms with Crippen molar-refractivity contribution in [3.8, 4) is 23.0 Å². The Kier molecular flexibility index (Phi) is 7.13. The number of hydrogen-bond acceptors (Lipinski definition) is 5. The summed E-state index contributed by atoms with van der Waals surface area (Å²) >= 11 is 0. The monoisotopic (exact) mass is 371 g/mol. The number of hydrogen-bond donors (Lipinski definition) is 1. The molecule has 0 aliphatic carbocycles. The van der Waals surface area contributed by atoms with Crippen molar-refractivity contribution in [2.24, 2.45) is 0 Å². The third kappa shape index (κ3) is 3.88. The minimum Gasteiger partial charge on any atom is -0.493 e. The van der Waals surface area contributed by atoms with Crippen LogP contribution in [0.2, 0.25) is 0 Å². The molecule has 3 rings (SSSR count). The van der Waals surface area contributed by atoms with E-state index in [2.05, 4.69) is 24.4 Å². The SMILES string of the molecule is CCc1cc(OC)c(OC)c2c1ccc1cc(OC)c(OC)cc12.CNC. The van der Waals surface area contributed by atoms with Crippen molar-refractivity contribution in [2.45, 2.75) is 13.3 Å². The van der Waals surface area contributed by atoms with Crippen LogP contribution in [-0.2, 0) is 6.42 Å². The molecule has 0 radical (unpaired) electrons. The fraction of sp³-hybridized carbons (Fsp3) is 0.364. The number of fused-ring (bicyclic) bond motifs is 3. The van der Waals surface area contributed by atoms with Gasteiger partial charge >= 0.3 is 0 Å². The maximum atomic E-state index is 5.69. The molecular weight excluding hydrogens is 342 g/mol. The van der Waals surface area contributed by atoms with Gasteiger partial charge in [-0.1, -0.05) is 19.1 Å². The summed E-state index contributed by atoms with van der Waals surface area (Å²) in [7, 11) is 10.4. The molecule has 5 nitrogen and oxygen atoms in total. The first-order chi connectivity index (χ1) is 13.1. The zero-order chi connectivity index (χ0) is 20.0. The van der Waals surface area contributed by atoms with E-state index in [1.807, 2.05) is 32.3 Å². The number of aryl methyl sites for hydroxylation is 1. The summed E-state index contributed by atoms with van der Waals surface area (Å²) in [5.74, 6) is 2.88. The van der Waals surface area contributed by atoms with Crippen LogP contribution in [0.25, 0.3) is 21.5 Å². The summed E-state index contributed by atoms with van der Waals surface area (Å²) in [5.41, 5.74) is 1.22. The zero-order valence-corrected chi connectivity index (χ0v) is 17.2. The second-order valence-corrected chi connectivity index (χ2v) is 6.04. The van der Waals surface area contributed by atoms with Gasteiger partial charge in [0.05, 0.1) is 28.4 Å². The van der Waals surface area contributed by atoms with Crippen molar-refractivity contribution in [3.05, 3.63) is 35.9 Å². The highest BCUT2D eigenvalue weighted by Gasteiger charge is 2.17. The van der Waals surface area contributed by atoms with Gasteiger partial charge in [0.15, 0.2) is 23.0 Å². The minimum absolute atomic E-state index is 0.695. The van der Waals surface area contributed by atoms with Crippen LogP contribution < -0.4 is 24.3 Å². The molecule has 0 saturated heterocycles. The van der Waals surface area contributed by atoms with Gasteiger partial charge in [-0.05, 0) is 60.4 Å². The van der Waals surface area contributed by atoms with Crippen LogP contribution in [0.1, 0.15) is 12.5 Å². The van der Waals surface area contributed by atoms with Gasteiger partial charge < -0.3 is 24.3 Å². The topological polar surface area (TPSA) is 49.0 Å². The first-order valence-corrected chi connectivity index (χ1v) is 8.90. The van der Waals surface area contributed by atoms with Gasteiger partial charge in [0.2, 0.25) is 0 Å². The predicted molar refractivity (Wildman–Crippen MR) is 112 cm³/mol. The molecule has 0 bridgehead atoms. The molecule has 5 heteroatoms. The molecule has 0 unspecified atom stereocenters. The van der Waals surface area contributed by atoms with E-state index in [1.54, 1.807) is 28.4 Å². The van der Waals surface area contributed by atoms with E-state index in [1.165, 1.54) is 5.56 Å². The molecule has 0 atom stereocenters. The molecule has 0 spiro atoms. The summed E-state index contributed by atoms with van der Waals surface area (Å²) in [4.78, 5) is 0. The van der Waals surface area contributed by atoms with Crippen molar-refractivity contribution in [1.29, 1.82) is 0 Å². The van der Waals surface area contributed by atoms with E-state index in [-0.39, 0.29) is 0 Å². The van der Waals surface area contributed by atoms with E-state index in [0.29, 0.717) is 11.5 Å². The van der Waals surface area contributed by atoms with Crippen LogP contribution in [0.15, 0.2) is 30.3 Å². The highest BCUT2D eigenvalue weighted by atomic mass is 16.5. The molecule has 0 aromatic heterocycles. The van der Waals surface area contributed by atoms with E-state index < -0.39 is 0 Å². The van der Waals surface area contributed by atoms with E-state index >= 15 is 0 Å². The fourth-order valence-electron chi connectivity index (χ4n) is 3.23. The maximum absolute atomic E-state index is 5.69. The Morgan fingerprint density at radius 2 is 1.33 bits per heavy atom. The van der Waals surface area contributed by atoms with Gasteiger partial charge in [0.25, 0.3) is 0 Å². The Hall–Kier alpha value is -2.66. The molecule has 3 aromatic rings. The first-order valence-electron chi connectivity index (χ1n) is 8.90. The Bertz CT molecular complexity index is 921. The van der Waals surface area contributed by atoms with Crippen molar-refractivity contribution in [2.75, 3.05) is 42.5 Å². The fourth-order valence-corrected chi connectivity index (χ4v) is 3.23. The van der Waals surface area contributed by atoms with Gasteiger partial charge in [-0.3, -0.25) is 0 Å². The van der Waals surface area contributed by atoms with Crippen molar-refractivity contribution < 1.29 is 18.9 Å². The Morgan fingerprint density at radius 3 is 1.85 bits per heavy atom. The lowest BCUT2D eigenvalue weighted by Gasteiger charge is -2.17. The lowest BCUT2D eigenvalue weighted by atomic mass is 9.95. The Labute approximate surface area is 161 Å². The molecule has 27 heavy (non-hydrogen) atoms. The maximum Gasteiger partial charge on any atom is 0.169 e. The number of methoxy groups -OCH3 is 4. The Morgan fingerprint density at radius 1 is 0.741 bits per heavy atom. The van der Waals surface area contributed by atoms with Crippen LogP contribution in [0.4, 0.5) is 0 Å². The lowest BCUT2D eigenvalue weighted by molar-refractivity contribution is 0.355. The molecule has 0 aliphatic rings. The smallest absolute Gasteiger partial charge is 0.169 e. The van der Waals surface area contributed by atoms with E-state index in [4.69, 9.17) is 18.9 Å². The average molecular weight is 371 g/mol. The van der Waals surface area contributed by atoms with Gasteiger partial charge in [-0.2, -0.15) is 0 Å². The van der Waals surface area contributed by atoms with Crippen molar-refractivity contribution in [1.82, 2.24) is 5.32 Å². The molecule has 0 saturated carbocycles. The molecule has 0 amide bonds. The number of benzene rings is 3. The third-order valence-electron chi connectivity index (χ3n) is 4.43. The molecule has 0 heterocycles. The Balaban J connectivity index is 0.000000817. The largest absolute Gasteiger partial charge is 0.493 e. The second-order valence-electron chi connectivity index (χ2n) is 6.04. The predicted octanol–water partition coefficient (Wildman–Crippen LogP) is 4.43. The highest BCUT2D eigenvalue weighted by molar-refractivity contribution is 6.13. The quantitative estimate of drug-likeness (QED) is 0.673. The number of rotatable bonds is 5. The van der Waals surface area contributed by atoms with Crippen LogP contribution in [0.5, 0.6) is 23.0 Å². The molecule has 0 aliphatic heterocycles. The zero-order valence-electron chi connectivity index (χ0n) is 17.2. The molecule has 0 fully saturated rings. The first kappa shape index (κ1) is 20.6. The molecular formula is C22H29NO4.